The van der Waals surface area contributed by atoms with E-state index in [2.05, 4.69) is 0 Å². The SMILES string of the molecule is CC(=O)O.CC1CCC(O)O1. The molecule has 0 aliphatic carbocycles. The third-order valence-electron chi connectivity index (χ3n) is 1.21. The summed E-state index contributed by atoms with van der Waals surface area (Å²) >= 11 is 0. The van der Waals surface area contributed by atoms with E-state index in [-0.39, 0.29) is 6.10 Å². The zero-order valence-electron chi connectivity index (χ0n) is 6.78. The van der Waals surface area contributed by atoms with Crippen LogP contribution < -0.4 is 0 Å². The fourth-order valence-electron chi connectivity index (χ4n) is 0.782. The molecule has 1 saturated heterocycles. The van der Waals surface area contributed by atoms with Gasteiger partial charge >= 0.3 is 0 Å². The predicted octanol–water partition coefficient (Wildman–Crippen LogP) is 0.595. The molecule has 1 rings (SSSR count). The number of carboxylic acid groups (broad SMARTS) is 1. The molecule has 0 bridgehead atoms. The highest BCUT2D eigenvalue weighted by atomic mass is 16.6. The second-order valence-electron chi connectivity index (χ2n) is 2.50. The molecule has 4 nitrogen and oxygen atoms in total. The number of aliphatic carboxylic acids is 1. The average molecular weight is 162 g/mol. The van der Waals surface area contributed by atoms with Gasteiger partial charge in [-0.05, 0) is 13.3 Å². The molecule has 2 unspecified atom stereocenters. The monoisotopic (exact) mass is 162 g/mol. The van der Waals surface area contributed by atoms with Crippen molar-refractivity contribution in [2.75, 3.05) is 0 Å². The van der Waals surface area contributed by atoms with Crippen LogP contribution in [0.2, 0.25) is 0 Å². The quantitative estimate of drug-likeness (QED) is 0.547. The van der Waals surface area contributed by atoms with E-state index in [1.54, 1.807) is 0 Å². The minimum atomic E-state index is -0.833. The van der Waals surface area contributed by atoms with Crippen molar-refractivity contribution in [1.82, 2.24) is 0 Å². The number of hydrogen-bond acceptors (Lipinski definition) is 3. The van der Waals surface area contributed by atoms with Crippen molar-refractivity contribution < 1.29 is 19.7 Å². The summed E-state index contributed by atoms with van der Waals surface area (Å²) in [4.78, 5) is 9.00. The molecule has 1 fully saturated rings. The van der Waals surface area contributed by atoms with Crippen molar-refractivity contribution in [1.29, 1.82) is 0 Å². The van der Waals surface area contributed by atoms with E-state index in [1.807, 2.05) is 6.92 Å². The lowest BCUT2D eigenvalue weighted by molar-refractivity contribution is -0.134. The van der Waals surface area contributed by atoms with Gasteiger partial charge in [-0.3, -0.25) is 4.79 Å². The van der Waals surface area contributed by atoms with E-state index in [9.17, 15) is 0 Å². The zero-order chi connectivity index (χ0) is 8.85. The maximum absolute atomic E-state index is 9.00. The first-order chi connectivity index (χ1) is 5.02. The number of rotatable bonds is 0. The highest BCUT2D eigenvalue weighted by Crippen LogP contribution is 2.15. The van der Waals surface area contributed by atoms with Crippen LogP contribution in [0.1, 0.15) is 26.7 Å². The molecule has 0 aromatic heterocycles. The molecule has 1 heterocycles. The first-order valence-corrected chi connectivity index (χ1v) is 3.55. The number of aliphatic hydroxyl groups is 1. The summed E-state index contributed by atoms with van der Waals surface area (Å²) < 4.78 is 4.92. The van der Waals surface area contributed by atoms with Crippen molar-refractivity contribution in [3.8, 4) is 0 Å². The number of ether oxygens (including phenoxy) is 1. The molecule has 0 saturated carbocycles. The summed E-state index contributed by atoms with van der Waals surface area (Å²) in [5.74, 6) is -0.833. The molecule has 11 heavy (non-hydrogen) atoms. The van der Waals surface area contributed by atoms with Crippen LogP contribution >= 0.6 is 0 Å². The van der Waals surface area contributed by atoms with E-state index in [1.165, 1.54) is 0 Å². The van der Waals surface area contributed by atoms with E-state index < -0.39 is 12.3 Å². The number of carboxylic acids is 1. The first-order valence-electron chi connectivity index (χ1n) is 3.55. The Hall–Kier alpha value is -0.610. The lowest BCUT2D eigenvalue weighted by Crippen LogP contribution is -2.05. The summed E-state index contributed by atoms with van der Waals surface area (Å²) in [5, 5.41) is 16.1. The van der Waals surface area contributed by atoms with Gasteiger partial charge in [0.2, 0.25) is 0 Å². The van der Waals surface area contributed by atoms with Gasteiger partial charge in [-0.1, -0.05) is 0 Å². The molecule has 2 atom stereocenters. The second kappa shape index (κ2) is 5.09. The largest absolute Gasteiger partial charge is 0.481 e. The molecule has 0 spiro atoms. The third kappa shape index (κ3) is 7.29. The second-order valence-corrected chi connectivity index (χ2v) is 2.50. The van der Waals surface area contributed by atoms with Crippen molar-refractivity contribution in [3.05, 3.63) is 0 Å². The fraction of sp³-hybridized carbons (Fsp3) is 0.857. The summed E-state index contributed by atoms with van der Waals surface area (Å²) in [5.41, 5.74) is 0. The van der Waals surface area contributed by atoms with Gasteiger partial charge in [-0.2, -0.15) is 0 Å². The van der Waals surface area contributed by atoms with E-state index >= 15 is 0 Å². The van der Waals surface area contributed by atoms with Crippen molar-refractivity contribution in [3.63, 3.8) is 0 Å². The van der Waals surface area contributed by atoms with Crippen LogP contribution in [-0.2, 0) is 9.53 Å². The number of carbonyl (C=O) groups is 1. The molecule has 0 aromatic rings. The minimum Gasteiger partial charge on any atom is -0.481 e. The molecular weight excluding hydrogens is 148 g/mol. The number of hydrogen-bond donors (Lipinski definition) is 2. The normalized spacial score (nSPS) is 29.0. The maximum Gasteiger partial charge on any atom is 0.300 e. The topological polar surface area (TPSA) is 66.8 Å². The van der Waals surface area contributed by atoms with Gasteiger partial charge in [0.05, 0.1) is 6.10 Å². The third-order valence-corrected chi connectivity index (χ3v) is 1.21. The maximum atomic E-state index is 9.00. The first kappa shape index (κ1) is 10.4. The smallest absolute Gasteiger partial charge is 0.300 e. The Morgan fingerprint density at radius 2 is 2.00 bits per heavy atom. The summed E-state index contributed by atoms with van der Waals surface area (Å²) in [7, 11) is 0. The van der Waals surface area contributed by atoms with E-state index in [0.717, 1.165) is 19.8 Å². The Bertz CT molecular complexity index is 112. The average Bonchev–Trinajstić information content (AvgIpc) is 2.13. The molecule has 0 aromatic carbocycles. The van der Waals surface area contributed by atoms with Gasteiger partial charge < -0.3 is 14.9 Å². The van der Waals surface area contributed by atoms with Crippen LogP contribution in [0, 0.1) is 0 Å². The lowest BCUT2D eigenvalue weighted by atomic mass is 10.3. The molecule has 2 N–H and O–H groups in total. The Morgan fingerprint density at radius 1 is 1.55 bits per heavy atom. The Morgan fingerprint density at radius 3 is 2.09 bits per heavy atom. The van der Waals surface area contributed by atoms with Crippen LogP contribution in [0.5, 0.6) is 0 Å². The Labute approximate surface area is 65.8 Å². The van der Waals surface area contributed by atoms with Gasteiger partial charge in [0.15, 0.2) is 6.29 Å². The van der Waals surface area contributed by atoms with Gasteiger partial charge in [0.1, 0.15) is 0 Å². The minimum absolute atomic E-state index is 0.273. The van der Waals surface area contributed by atoms with Crippen LogP contribution in [0.15, 0.2) is 0 Å². The highest BCUT2D eigenvalue weighted by Gasteiger charge is 2.17. The standard InChI is InChI=1S/C5H10O2.C2H4O2/c1-4-2-3-5(6)7-4;1-2(3)4/h4-6H,2-3H2,1H3;1H3,(H,3,4). The summed E-state index contributed by atoms with van der Waals surface area (Å²) in [6.07, 6.45) is 1.60. The van der Waals surface area contributed by atoms with Crippen LogP contribution in [-0.4, -0.2) is 28.6 Å². The molecule has 0 amide bonds. The van der Waals surface area contributed by atoms with E-state index in [0.29, 0.717) is 0 Å². The fourth-order valence-corrected chi connectivity index (χ4v) is 0.782. The van der Waals surface area contributed by atoms with Crippen LogP contribution in [0.3, 0.4) is 0 Å². The van der Waals surface area contributed by atoms with Gasteiger partial charge in [0.25, 0.3) is 5.97 Å². The highest BCUT2D eigenvalue weighted by molar-refractivity contribution is 5.62. The van der Waals surface area contributed by atoms with E-state index in [4.69, 9.17) is 19.7 Å². The lowest BCUT2D eigenvalue weighted by Gasteiger charge is -2.00. The van der Waals surface area contributed by atoms with Crippen LogP contribution in [0.4, 0.5) is 0 Å². The molecular formula is C7H14O4. The van der Waals surface area contributed by atoms with Gasteiger partial charge in [-0.15, -0.1) is 0 Å². The van der Waals surface area contributed by atoms with Crippen molar-refractivity contribution in [2.45, 2.75) is 39.1 Å². The predicted molar refractivity (Wildman–Crippen MR) is 39.1 cm³/mol. The number of aliphatic hydroxyl groups excluding tert-OH is 1. The van der Waals surface area contributed by atoms with Crippen molar-refractivity contribution in [2.24, 2.45) is 0 Å². The zero-order valence-corrected chi connectivity index (χ0v) is 6.78. The molecule has 0 radical (unpaired) electrons. The van der Waals surface area contributed by atoms with Crippen LogP contribution in [0.25, 0.3) is 0 Å². The molecule has 4 heteroatoms. The molecule has 1 aliphatic rings. The molecule has 1 aliphatic heterocycles. The van der Waals surface area contributed by atoms with Gasteiger partial charge in [-0.25, -0.2) is 0 Å². The van der Waals surface area contributed by atoms with Gasteiger partial charge in [0, 0.05) is 13.3 Å². The molecule has 66 valence electrons. The Kier molecular flexibility index (Phi) is 4.81. The summed E-state index contributed by atoms with van der Waals surface area (Å²) in [6.45, 7) is 3.05. The van der Waals surface area contributed by atoms with Crippen molar-refractivity contribution >= 4 is 5.97 Å². The summed E-state index contributed by atoms with van der Waals surface area (Å²) in [6, 6.07) is 0. The Balaban J connectivity index is 0.000000218.